The van der Waals surface area contributed by atoms with Crippen LogP contribution in [0.15, 0.2) is 60.8 Å². The number of anilines is 1. The van der Waals surface area contributed by atoms with Gasteiger partial charge in [0.15, 0.2) is 0 Å². The third-order valence-corrected chi connectivity index (χ3v) is 4.71. The van der Waals surface area contributed by atoms with Crippen molar-refractivity contribution < 1.29 is 14.7 Å². The summed E-state index contributed by atoms with van der Waals surface area (Å²) in [4.78, 5) is 28.9. The first-order valence-electron chi connectivity index (χ1n) is 7.96. The highest BCUT2D eigenvalue weighted by Gasteiger charge is 2.08. The van der Waals surface area contributed by atoms with E-state index < -0.39 is 6.09 Å². The number of thiophene rings is 1. The van der Waals surface area contributed by atoms with E-state index in [9.17, 15) is 9.59 Å². The Balaban J connectivity index is 1.54. The lowest BCUT2D eigenvalue weighted by Gasteiger charge is -2.04. The first-order valence-corrected chi connectivity index (χ1v) is 8.77. The molecule has 0 spiro atoms. The van der Waals surface area contributed by atoms with Gasteiger partial charge in [-0.05, 0) is 29.8 Å². The molecule has 0 fully saturated rings. The van der Waals surface area contributed by atoms with Crippen LogP contribution < -0.4 is 10.6 Å². The second kappa shape index (κ2) is 8.26. The minimum atomic E-state index is -1.20. The van der Waals surface area contributed by atoms with E-state index in [0.717, 1.165) is 11.3 Å². The van der Waals surface area contributed by atoms with Crippen molar-refractivity contribution in [3.63, 3.8) is 0 Å². The summed E-state index contributed by atoms with van der Waals surface area (Å²) in [7, 11) is 0. The molecular weight excluding hydrogens is 350 g/mol. The largest absolute Gasteiger partial charge is 0.465 e. The van der Waals surface area contributed by atoms with E-state index in [1.165, 1.54) is 28.8 Å². The maximum atomic E-state index is 12.2. The Kier molecular flexibility index (Phi) is 5.60. The van der Waals surface area contributed by atoms with Crippen molar-refractivity contribution in [2.45, 2.75) is 13.0 Å². The second-order valence-corrected chi connectivity index (χ2v) is 6.83. The summed E-state index contributed by atoms with van der Waals surface area (Å²) in [6.45, 7) is 0.438. The van der Waals surface area contributed by atoms with Crippen molar-refractivity contribution in [3.05, 3.63) is 81.7 Å². The number of pyridine rings is 1. The number of rotatable bonds is 6. The monoisotopic (exact) mass is 367 g/mol. The van der Waals surface area contributed by atoms with Gasteiger partial charge < -0.3 is 10.4 Å². The molecule has 3 N–H and O–H groups in total. The fourth-order valence-electron chi connectivity index (χ4n) is 2.39. The number of aromatic nitrogens is 1. The fraction of sp³-hybridized carbons (Fsp3) is 0.105. The van der Waals surface area contributed by atoms with Crippen LogP contribution in [0.4, 0.5) is 10.6 Å². The lowest BCUT2D eigenvalue weighted by atomic mass is 10.1. The summed E-state index contributed by atoms with van der Waals surface area (Å²) in [6.07, 6.45) is 1.02. The number of carbonyl (C=O) groups is 2. The Hall–Kier alpha value is -3.19. The zero-order chi connectivity index (χ0) is 18.4. The number of amides is 2. The zero-order valence-electron chi connectivity index (χ0n) is 13.8. The van der Waals surface area contributed by atoms with Crippen LogP contribution in [0.3, 0.4) is 0 Å². The van der Waals surface area contributed by atoms with Crippen LogP contribution in [0, 0.1) is 0 Å². The normalized spacial score (nSPS) is 10.3. The van der Waals surface area contributed by atoms with Gasteiger partial charge >= 0.3 is 6.09 Å². The van der Waals surface area contributed by atoms with Gasteiger partial charge in [0, 0.05) is 22.4 Å². The van der Waals surface area contributed by atoms with E-state index >= 15 is 0 Å². The number of carboxylic acid groups (broad SMARTS) is 1. The van der Waals surface area contributed by atoms with Gasteiger partial charge in [-0.3, -0.25) is 10.1 Å². The molecule has 0 radical (unpaired) electrons. The Morgan fingerprint density at radius 2 is 1.77 bits per heavy atom. The van der Waals surface area contributed by atoms with Gasteiger partial charge in [0.1, 0.15) is 5.82 Å². The molecule has 26 heavy (non-hydrogen) atoms. The van der Waals surface area contributed by atoms with Crippen molar-refractivity contribution in [1.29, 1.82) is 0 Å². The van der Waals surface area contributed by atoms with Crippen molar-refractivity contribution >= 4 is 29.2 Å². The lowest BCUT2D eigenvalue weighted by molar-refractivity contribution is 0.0951. The van der Waals surface area contributed by atoms with Crippen LogP contribution in [0.2, 0.25) is 0 Å². The molecule has 6 nitrogen and oxygen atoms in total. The summed E-state index contributed by atoms with van der Waals surface area (Å²) in [6, 6.07) is 17.3. The SMILES string of the molecule is O=C(O)Nc1ccc(C(=O)NCc2ccc(Cc3ccccc3)s2)cn1. The summed E-state index contributed by atoms with van der Waals surface area (Å²) in [5.74, 6) is -0.0738. The molecule has 132 valence electrons. The van der Waals surface area contributed by atoms with Crippen molar-refractivity contribution in [2.75, 3.05) is 5.32 Å². The third-order valence-electron chi connectivity index (χ3n) is 3.62. The highest BCUT2D eigenvalue weighted by molar-refractivity contribution is 7.12. The molecule has 3 aromatic rings. The topological polar surface area (TPSA) is 91.3 Å². The van der Waals surface area contributed by atoms with Crippen molar-refractivity contribution in [1.82, 2.24) is 10.3 Å². The van der Waals surface area contributed by atoms with Crippen molar-refractivity contribution in [2.24, 2.45) is 0 Å². The summed E-state index contributed by atoms with van der Waals surface area (Å²) in [5, 5.41) is 13.6. The number of hydrogen-bond donors (Lipinski definition) is 3. The molecule has 0 aliphatic rings. The highest BCUT2D eigenvalue weighted by atomic mass is 32.1. The fourth-order valence-corrected chi connectivity index (χ4v) is 3.38. The minimum absolute atomic E-state index is 0.179. The van der Waals surface area contributed by atoms with Gasteiger partial charge in [-0.2, -0.15) is 0 Å². The summed E-state index contributed by atoms with van der Waals surface area (Å²) >= 11 is 1.67. The number of carbonyl (C=O) groups excluding carboxylic acids is 1. The van der Waals surface area contributed by atoms with Crippen LogP contribution in [-0.2, 0) is 13.0 Å². The predicted molar refractivity (Wildman–Crippen MR) is 101 cm³/mol. The molecule has 0 unspecified atom stereocenters. The Labute approximate surface area is 154 Å². The molecule has 2 heterocycles. The molecule has 0 saturated carbocycles. The van der Waals surface area contributed by atoms with Gasteiger partial charge in [-0.1, -0.05) is 30.3 Å². The molecule has 0 saturated heterocycles. The molecule has 0 aliphatic carbocycles. The Bertz CT molecular complexity index is 892. The molecule has 0 atom stereocenters. The van der Waals surface area contributed by atoms with E-state index in [1.807, 2.05) is 24.3 Å². The standard InChI is InChI=1S/C19H17N3O3S/c23-18(14-6-9-17(20-11-14)22-19(24)25)21-12-16-8-7-15(26-16)10-13-4-2-1-3-5-13/h1-9,11H,10,12H2,(H,20,22)(H,21,23)(H,24,25). The van der Waals surface area contributed by atoms with Gasteiger partial charge in [0.2, 0.25) is 0 Å². The number of nitrogens with zero attached hydrogens (tertiary/aromatic N) is 1. The van der Waals surface area contributed by atoms with Gasteiger partial charge in [-0.15, -0.1) is 11.3 Å². The van der Waals surface area contributed by atoms with E-state index in [0.29, 0.717) is 12.1 Å². The first kappa shape index (κ1) is 17.6. The summed E-state index contributed by atoms with van der Waals surface area (Å²) < 4.78 is 0. The maximum Gasteiger partial charge on any atom is 0.410 e. The number of benzene rings is 1. The van der Waals surface area contributed by atoms with E-state index in [-0.39, 0.29) is 11.7 Å². The molecular formula is C19H17N3O3S. The van der Waals surface area contributed by atoms with E-state index in [1.54, 1.807) is 11.3 Å². The highest BCUT2D eigenvalue weighted by Crippen LogP contribution is 2.20. The average molecular weight is 367 g/mol. The third kappa shape index (κ3) is 4.90. The van der Waals surface area contributed by atoms with Gasteiger partial charge in [0.05, 0.1) is 12.1 Å². The van der Waals surface area contributed by atoms with Crippen LogP contribution in [0.5, 0.6) is 0 Å². The minimum Gasteiger partial charge on any atom is -0.465 e. The first-order chi connectivity index (χ1) is 12.6. The second-order valence-electron chi connectivity index (χ2n) is 5.58. The van der Waals surface area contributed by atoms with E-state index in [4.69, 9.17) is 5.11 Å². The Morgan fingerprint density at radius 3 is 2.46 bits per heavy atom. The lowest BCUT2D eigenvalue weighted by Crippen LogP contribution is -2.22. The molecule has 2 amide bonds. The number of hydrogen-bond acceptors (Lipinski definition) is 4. The maximum absolute atomic E-state index is 12.2. The molecule has 3 rings (SSSR count). The smallest absolute Gasteiger partial charge is 0.410 e. The van der Waals surface area contributed by atoms with E-state index in [2.05, 4.69) is 33.8 Å². The predicted octanol–water partition coefficient (Wildman–Crippen LogP) is 3.75. The average Bonchev–Trinajstić information content (AvgIpc) is 3.08. The number of nitrogens with one attached hydrogen (secondary N) is 2. The molecule has 1 aromatic carbocycles. The van der Waals surface area contributed by atoms with Crippen molar-refractivity contribution in [3.8, 4) is 0 Å². The van der Waals surface area contributed by atoms with Crippen LogP contribution in [0.25, 0.3) is 0 Å². The quantitative estimate of drug-likeness (QED) is 0.619. The molecule has 7 heteroatoms. The van der Waals surface area contributed by atoms with Crippen LogP contribution in [-0.4, -0.2) is 22.1 Å². The van der Waals surface area contributed by atoms with Crippen LogP contribution >= 0.6 is 11.3 Å². The summed E-state index contributed by atoms with van der Waals surface area (Å²) in [5.41, 5.74) is 1.63. The zero-order valence-corrected chi connectivity index (χ0v) is 14.6. The van der Waals surface area contributed by atoms with Crippen LogP contribution in [0.1, 0.15) is 25.7 Å². The molecule has 0 aliphatic heterocycles. The van der Waals surface area contributed by atoms with Gasteiger partial charge in [-0.25, -0.2) is 9.78 Å². The molecule has 0 bridgehead atoms. The molecule has 2 aromatic heterocycles. The van der Waals surface area contributed by atoms with Gasteiger partial charge in [0.25, 0.3) is 5.91 Å². The Morgan fingerprint density at radius 1 is 1.00 bits per heavy atom.